The molecule has 4 aromatic carbocycles. The summed E-state index contributed by atoms with van der Waals surface area (Å²) in [6.07, 6.45) is 1.55. The van der Waals surface area contributed by atoms with Gasteiger partial charge < -0.3 is 14.0 Å². The first-order chi connectivity index (χ1) is 19.9. The number of hydrogen-bond donors (Lipinski definition) is 1. The molecule has 0 spiro atoms. The number of hydrazone groups is 1. The second-order valence-electron chi connectivity index (χ2n) is 9.25. The maximum Gasteiger partial charge on any atom is 0.271 e. The van der Waals surface area contributed by atoms with Crippen LogP contribution in [0, 0.1) is 6.92 Å². The van der Waals surface area contributed by atoms with Gasteiger partial charge in [-0.25, -0.2) is 5.43 Å². The molecule has 1 N–H and O–H groups in total. The number of rotatable bonds is 9. The van der Waals surface area contributed by atoms with Crippen LogP contribution in [0.25, 0.3) is 16.9 Å². The number of hydrogen-bond acceptors (Lipinski definition) is 4. The van der Waals surface area contributed by atoms with Crippen molar-refractivity contribution >= 4 is 39.7 Å². The van der Waals surface area contributed by atoms with Crippen molar-refractivity contribution in [3.8, 4) is 28.4 Å². The topological polar surface area (TPSA) is 64.8 Å². The fraction of sp³-hybridized carbons (Fsp3) is 0.0909. The molecule has 6 nitrogen and oxygen atoms in total. The lowest BCUT2D eigenvalue weighted by atomic mass is 10.1. The summed E-state index contributed by atoms with van der Waals surface area (Å²) in [6, 6.07) is 32.9. The van der Waals surface area contributed by atoms with Gasteiger partial charge in [0.2, 0.25) is 0 Å². The number of amides is 1. The Balaban J connectivity index is 1.25. The van der Waals surface area contributed by atoms with Gasteiger partial charge in [0.05, 0.1) is 19.0 Å². The highest BCUT2D eigenvalue weighted by molar-refractivity contribution is 9.10. The van der Waals surface area contributed by atoms with E-state index in [9.17, 15) is 4.79 Å². The minimum Gasteiger partial charge on any atom is -0.493 e. The third-order valence-corrected chi connectivity index (χ3v) is 7.43. The quantitative estimate of drug-likeness (QED) is 0.132. The molecule has 1 aromatic heterocycles. The monoisotopic (exact) mass is 627 g/mol. The van der Waals surface area contributed by atoms with Gasteiger partial charge in [-0.3, -0.25) is 4.79 Å². The van der Waals surface area contributed by atoms with Gasteiger partial charge in [-0.2, -0.15) is 5.10 Å². The molecule has 0 atom stereocenters. The summed E-state index contributed by atoms with van der Waals surface area (Å²) in [5.74, 6) is 0.802. The van der Waals surface area contributed by atoms with Gasteiger partial charge >= 0.3 is 0 Å². The molecule has 5 aromatic rings. The van der Waals surface area contributed by atoms with E-state index in [1.165, 1.54) is 0 Å². The Morgan fingerprint density at radius 3 is 2.39 bits per heavy atom. The second kappa shape index (κ2) is 12.9. The Morgan fingerprint density at radius 2 is 1.68 bits per heavy atom. The molecule has 0 fully saturated rings. The van der Waals surface area contributed by atoms with Gasteiger partial charge in [0.25, 0.3) is 5.91 Å². The zero-order valence-electron chi connectivity index (χ0n) is 22.5. The van der Waals surface area contributed by atoms with E-state index in [0.717, 1.165) is 32.7 Å². The average Bonchev–Trinajstić information content (AvgIpc) is 3.39. The van der Waals surface area contributed by atoms with Crippen molar-refractivity contribution in [3.63, 3.8) is 0 Å². The number of nitrogens with zero attached hydrogens (tertiary/aromatic N) is 2. The van der Waals surface area contributed by atoms with E-state index < -0.39 is 0 Å². The number of nitrogens with one attached hydrogen (secondary N) is 1. The van der Waals surface area contributed by atoms with Crippen LogP contribution in [0.1, 0.15) is 27.2 Å². The maximum atomic E-state index is 12.8. The summed E-state index contributed by atoms with van der Waals surface area (Å²) >= 11 is 9.51. The number of ether oxygens (including phenoxy) is 2. The molecular weight excluding hydrogens is 602 g/mol. The Kier molecular flexibility index (Phi) is 8.87. The average molecular weight is 629 g/mol. The van der Waals surface area contributed by atoms with Crippen LogP contribution in [0.4, 0.5) is 0 Å². The zero-order valence-corrected chi connectivity index (χ0v) is 24.8. The Labute approximate surface area is 252 Å². The first-order valence-corrected chi connectivity index (χ1v) is 14.0. The normalized spacial score (nSPS) is 11.0. The summed E-state index contributed by atoms with van der Waals surface area (Å²) in [7, 11) is 1.57. The van der Waals surface area contributed by atoms with Crippen LogP contribution >= 0.6 is 27.5 Å². The van der Waals surface area contributed by atoms with Gasteiger partial charge in [-0.15, -0.1) is 0 Å². The summed E-state index contributed by atoms with van der Waals surface area (Å²) < 4.78 is 14.4. The van der Waals surface area contributed by atoms with Crippen LogP contribution in [-0.4, -0.2) is 23.8 Å². The number of halogens is 2. The number of benzene rings is 4. The van der Waals surface area contributed by atoms with Gasteiger partial charge in [-0.1, -0.05) is 54.1 Å². The van der Waals surface area contributed by atoms with E-state index in [0.29, 0.717) is 34.3 Å². The van der Waals surface area contributed by atoms with E-state index >= 15 is 0 Å². The van der Waals surface area contributed by atoms with E-state index in [1.807, 2.05) is 60.7 Å². The molecular formula is C33H27BrClN3O3. The molecule has 0 unspecified atom stereocenters. The van der Waals surface area contributed by atoms with Crippen LogP contribution in [0.15, 0.2) is 113 Å². The van der Waals surface area contributed by atoms with Crippen LogP contribution in [0.2, 0.25) is 5.02 Å². The maximum absolute atomic E-state index is 12.8. The Bertz CT molecular complexity index is 1680. The molecule has 0 saturated carbocycles. The second-order valence-corrected chi connectivity index (χ2v) is 10.5. The Hall–Kier alpha value is -4.33. The van der Waals surface area contributed by atoms with Crippen molar-refractivity contribution < 1.29 is 14.3 Å². The summed E-state index contributed by atoms with van der Waals surface area (Å²) in [6.45, 7) is 2.42. The highest BCUT2D eigenvalue weighted by Crippen LogP contribution is 2.33. The van der Waals surface area contributed by atoms with Crippen LogP contribution in [0.3, 0.4) is 0 Å². The van der Waals surface area contributed by atoms with Crippen molar-refractivity contribution in [1.82, 2.24) is 9.99 Å². The highest BCUT2D eigenvalue weighted by atomic mass is 79.9. The first kappa shape index (κ1) is 28.2. The van der Waals surface area contributed by atoms with Gasteiger partial charge in [0.1, 0.15) is 6.61 Å². The predicted octanol–water partition coefficient (Wildman–Crippen LogP) is 8.22. The zero-order chi connectivity index (χ0) is 28.8. The third kappa shape index (κ3) is 6.70. The van der Waals surface area contributed by atoms with E-state index in [4.69, 9.17) is 21.1 Å². The molecule has 0 saturated heterocycles. The summed E-state index contributed by atoms with van der Waals surface area (Å²) in [5.41, 5.74) is 9.09. The van der Waals surface area contributed by atoms with E-state index in [2.05, 4.69) is 62.2 Å². The molecule has 1 heterocycles. The van der Waals surface area contributed by atoms with Gasteiger partial charge in [0.15, 0.2) is 11.5 Å². The van der Waals surface area contributed by atoms with Crippen molar-refractivity contribution in [2.24, 2.45) is 5.10 Å². The molecule has 1 amide bonds. The van der Waals surface area contributed by atoms with Crippen molar-refractivity contribution in [2.75, 3.05) is 7.11 Å². The van der Waals surface area contributed by atoms with Crippen LogP contribution in [0.5, 0.6) is 11.5 Å². The number of carbonyl (C=O) groups is 1. The largest absolute Gasteiger partial charge is 0.493 e. The molecule has 0 bridgehead atoms. The summed E-state index contributed by atoms with van der Waals surface area (Å²) in [5, 5.41) is 4.83. The lowest BCUT2D eigenvalue weighted by Gasteiger charge is -2.13. The summed E-state index contributed by atoms with van der Waals surface area (Å²) in [4.78, 5) is 12.8. The van der Waals surface area contributed by atoms with E-state index in [-0.39, 0.29) is 5.91 Å². The van der Waals surface area contributed by atoms with Crippen LogP contribution < -0.4 is 14.9 Å². The lowest BCUT2D eigenvalue weighted by molar-refractivity contribution is 0.0955. The molecule has 41 heavy (non-hydrogen) atoms. The predicted molar refractivity (Wildman–Crippen MR) is 167 cm³/mol. The molecule has 5 rings (SSSR count). The van der Waals surface area contributed by atoms with Crippen LogP contribution in [-0.2, 0) is 6.61 Å². The molecule has 206 valence electrons. The molecule has 0 aliphatic carbocycles. The fourth-order valence-electron chi connectivity index (χ4n) is 4.37. The van der Waals surface area contributed by atoms with Gasteiger partial charge in [0, 0.05) is 32.0 Å². The van der Waals surface area contributed by atoms with Gasteiger partial charge in [-0.05, 0) is 94.6 Å². The number of aromatic nitrogens is 1. The molecule has 0 radical (unpaired) electrons. The number of methoxy groups -OCH3 is 1. The number of carbonyl (C=O) groups excluding carboxylic acids is 1. The molecule has 0 aliphatic heterocycles. The molecule has 0 aliphatic rings. The van der Waals surface area contributed by atoms with Crippen molar-refractivity contribution in [1.29, 1.82) is 0 Å². The molecule has 8 heteroatoms. The highest BCUT2D eigenvalue weighted by Gasteiger charge is 2.12. The van der Waals surface area contributed by atoms with Crippen molar-refractivity contribution in [3.05, 3.63) is 135 Å². The third-order valence-electron chi connectivity index (χ3n) is 6.49. The lowest BCUT2D eigenvalue weighted by Crippen LogP contribution is -2.17. The minimum absolute atomic E-state index is 0.314. The smallest absolute Gasteiger partial charge is 0.271 e. The minimum atomic E-state index is -0.314. The first-order valence-electron chi connectivity index (χ1n) is 12.9. The van der Waals surface area contributed by atoms with E-state index in [1.54, 1.807) is 31.5 Å². The SMILES string of the molecule is COc1cc(/C=N/NC(=O)c2ccc(-n3c(C)ccc3-c3ccccc3)cc2)c(Br)cc1OCc1ccc(Cl)cc1. The fourth-order valence-corrected chi connectivity index (χ4v) is 4.92. The Morgan fingerprint density at radius 1 is 0.951 bits per heavy atom. The number of aryl methyl sites for hydroxylation is 1. The van der Waals surface area contributed by atoms with Crippen molar-refractivity contribution in [2.45, 2.75) is 13.5 Å². The standard InChI is InChI=1S/C33H27BrClN3O3/c1-22-8-17-30(24-6-4-3-5-7-24)38(22)28-15-11-25(12-16-28)33(39)37-36-20-26-18-31(40-2)32(19-29(26)34)41-21-23-9-13-27(35)14-10-23/h3-20H,21H2,1-2H3,(H,37,39)/b36-20+.